The summed E-state index contributed by atoms with van der Waals surface area (Å²) in [5.74, 6) is -0.0167. The Morgan fingerprint density at radius 2 is 2.00 bits per heavy atom. The van der Waals surface area contributed by atoms with Crippen LogP contribution in [0.3, 0.4) is 0 Å². The molecule has 1 aliphatic rings. The molecule has 8 heteroatoms. The van der Waals surface area contributed by atoms with Gasteiger partial charge in [0.25, 0.3) is 5.91 Å². The molecule has 0 saturated carbocycles. The molecule has 0 bridgehead atoms. The van der Waals surface area contributed by atoms with E-state index in [1.165, 1.54) is 11.1 Å². The molecule has 160 valence electrons. The number of hydrogen-bond acceptors (Lipinski definition) is 7. The molecular weight excluding hydrogens is 428 g/mol. The molecule has 2 aromatic carbocycles. The maximum atomic E-state index is 13.6. The van der Waals surface area contributed by atoms with E-state index in [0.717, 1.165) is 58.4 Å². The van der Waals surface area contributed by atoms with Crippen LogP contribution in [0.4, 0.5) is 5.13 Å². The number of aromatic nitrogens is 2. The lowest BCUT2D eigenvalue weighted by molar-refractivity contribution is 0.0391. The van der Waals surface area contributed by atoms with Gasteiger partial charge in [0.05, 0.1) is 39.2 Å². The number of morpholine rings is 1. The number of thiazole rings is 2. The normalized spacial score (nSPS) is 15.0. The number of ether oxygens (including phenoxy) is 1. The summed E-state index contributed by atoms with van der Waals surface area (Å²) in [4.78, 5) is 27.1. The Morgan fingerprint density at radius 3 is 2.84 bits per heavy atom. The lowest BCUT2D eigenvalue weighted by Crippen LogP contribution is -2.43. The molecule has 5 rings (SSSR count). The van der Waals surface area contributed by atoms with Gasteiger partial charge < -0.3 is 4.74 Å². The van der Waals surface area contributed by atoms with Crippen molar-refractivity contribution in [3.63, 3.8) is 0 Å². The van der Waals surface area contributed by atoms with E-state index in [4.69, 9.17) is 9.72 Å². The molecule has 0 aliphatic carbocycles. The number of rotatable bonds is 5. The van der Waals surface area contributed by atoms with E-state index in [9.17, 15) is 4.79 Å². The molecule has 0 atom stereocenters. The van der Waals surface area contributed by atoms with Gasteiger partial charge in [0.1, 0.15) is 0 Å². The zero-order valence-electron chi connectivity index (χ0n) is 17.6. The molecule has 4 aromatic rings. The monoisotopic (exact) mass is 452 g/mol. The third-order valence-electron chi connectivity index (χ3n) is 5.87. The largest absolute Gasteiger partial charge is 0.379 e. The van der Waals surface area contributed by atoms with Crippen molar-refractivity contribution in [2.24, 2.45) is 0 Å². The minimum Gasteiger partial charge on any atom is -0.379 e. The molecule has 0 N–H and O–H groups in total. The summed E-state index contributed by atoms with van der Waals surface area (Å²) in [6.45, 7) is 8.87. The highest BCUT2D eigenvalue weighted by Crippen LogP contribution is 2.33. The smallest absolute Gasteiger partial charge is 0.260 e. The van der Waals surface area contributed by atoms with Crippen LogP contribution < -0.4 is 4.90 Å². The topological polar surface area (TPSA) is 58.6 Å². The van der Waals surface area contributed by atoms with Crippen LogP contribution in [0.1, 0.15) is 21.5 Å². The number of nitrogens with zero attached hydrogens (tertiary/aromatic N) is 4. The fraction of sp³-hybridized carbons (Fsp3) is 0.348. The lowest BCUT2D eigenvalue weighted by atomic mass is 10.1. The van der Waals surface area contributed by atoms with Crippen LogP contribution in [0.2, 0.25) is 0 Å². The van der Waals surface area contributed by atoms with Crippen molar-refractivity contribution in [2.45, 2.75) is 13.8 Å². The Labute approximate surface area is 189 Å². The van der Waals surface area contributed by atoms with Gasteiger partial charge in [0, 0.05) is 31.7 Å². The second kappa shape index (κ2) is 8.63. The number of hydrogen-bond donors (Lipinski definition) is 0. The van der Waals surface area contributed by atoms with Gasteiger partial charge in [-0.05, 0) is 49.2 Å². The maximum Gasteiger partial charge on any atom is 0.260 e. The fourth-order valence-electron chi connectivity index (χ4n) is 3.82. The van der Waals surface area contributed by atoms with Crippen molar-refractivity contribution in [2.75, 3.05) is 44.3 Å². The van der Waals surface area contributed by atoms with Crippen molar-refractivity contribution >= 4 is 54.1 Å². The predicted molar refractivity (Wildman–Crippen MR) is 128 cm³/mol. The molecule has 6 nitrogen and oxygen atoms in total. The van der Waals surface area contributed by atoms with Crippen LogP contribution in [-0.4, -0.2) is 60.2 Å². The Hall–Kier alpha value is -2.39. The van der Waals surface area contributed by atoms with Crippen LogP contribution >= 0.6 is 22.7 Å². The summed E-state index contributed by atoms with van der Waals surface area (Å²) >= 11 is 3.14. The average Bonchev–Trinajstić information content (AvgIpc) is 3.44. The number of benzene rings is 2. The van der Waals surface area contributed by atoms with Crippen molar-refractivity contribution < 1.29 is 9.53 Å². The maximum absolute atomic E-state index is 13.6. The molecule has 2 aromatic heterocycles. The van der Waals surface area contributed by atoms with Gasteiger partial charge in [0.2, 0.25) is 0 Å². The second-order valence-electron chi connectivity index (χ2n) is 7.80. The van der Waals surface area contributed by atoms with Crippen LogP contribution in [0.5, 0.6) is 0 Å². The molecule has 1 amide bonds. The quantitative estimate of drug-likeness (QED) is 0.446. The van der Waals surface area contributed by atoms with E-state index in [1.807, 2.05) is 28.6 Å². The molecule has 31 heavy (non-hydrogen) atoms. The third kappa shape index (κ3) is 4.08. The van der Waals surface area contributed by atoms with Crippen LogP contribution in [0, 0.1) is 13.8 Å². The van der Waals surface area contributed by atoms with Gasteiger partial charge in [-0.1, -0.05) is 17.4 Å². The molecule has 0 unspecified atom stereocenters. The van der Waals surface area contributed by atoms with Gasteiger partial charge in [0.15, 0.2) is 5.13 Å². The van der Waals surface area contributed by atoms with Crippen LogP contribution in [-0.2, 0) is 4.74 Å². The first-order valence-electron chi connectivity index (χ1n) is 10.4. The Kier molecular flexibility index (Phi) is 5.71. The average molecular weight is 453 g/mol. The summed E-state index contributed by atoms with van der Waals surface area (Å²) in [5, 5.41) is 0.756. The summed E-state index contributed by atoms with van der Waals surface area (Å²) in [5.41, 5.74) is 6.78. The SMILES string of the molecule is Cc1ccc2sc(N(CCN3CCOCC3)C(=O)c3ccc4ncsc4c3)nc2c1C. The zero-order chi connectivity index (χ0) is 21.4. The highest BCUT2D eigenvalue weighted by molar-refractivity contribution is 7.22. The molecule has 0 spiro atoms. The number of carbonyl (C=O) groups is 1. The summed E-state index contributed by atoms with van der Waals surface area (Å²) in [7, 11) is 0. The summed E-state index contributed by atoms with van der Waals surface area (Å²) < 4.78 is 7.60. The Balaban J connectivity index is 1.50. The van der Waals surface area contributed by atoms with Gasteiger partial charge in [-0.3, -0.25) is 14.6 Å². The number of amides is 1. The Morgan fingerprint density at radius 1 is 1.16 bits per heavy atom. The molecule has 1 saturated heterocycles. The summed E-state index contributed by atoms with van der Waals surface area (Å²) in [6, 6.07) is 9.96. The van der Waals surface area contributed by atoms with Gasteiger partial charge in [-0.2, -0.15) is 0 Å². The van der Waals surface area contributed by atoms with Crippen LogP contribution in [0.25, 0.3) is 20.4 Å². The molecule has 1 fully saturated rings. The van der Waals surface area contributed by atoms with Gasteiger partial charge >= 0.3 is 0 Å². The first-order chi connectivity index (χ1) is 15.1. The van der Waals surface area contributed by atoms with Crippen molar-refractivity contribution in [1.29, 1.82) is 0 Å². The van der Waals surface area contributed by atoms with E-state index in [-0.39, 0.29) is 5.91 Å². The summed E-state index contributed by atoms with van der Waals surface area (Å²) in [6.07, 6.45) is 0. The first-order valence-corrected chi connectivity index (χ1v) is 12.1. The minimum absolute atomic E-state index is 0.0167. The van der Waals surface area contributed by atoms with E-state index in [2.05, 4.69) is 35.9 Å². The molecular formula is C23H24N4O2S2. The van der Waals surface area contributed by atoms with Crippen LogP contribution in [0.15, 0.2) is 35.8 Å². The van der Waals surface area contributed by atoms with E-state index < -0.39 is 0 Å². The van der Waals surface area contributed by atoms with E-state index >= 15 is 0 Å². The Bertz CT molecular complexity index is 1240. The minimum atomic E-state index is -0.0167. The lowest BCUT2D eigenvalue weighted by Gasteiger charge is -2.29. The molecule has 0 radical (unpaired) electrons. The second-order valence-corrected chi connectivity index (χ2v) is 9.69. The predicted octanol–water partition coefficient (Wildman–Crippen LogP) is 4.50. The van der Waals surface area contributed by atoms with E-state index in [0.29, 0.717) is 12.1 Å². The highest BCUT2D eigenvalue weighted by atomic mass is 32.1. The van der Waals surface area contributed by atoms with Crippen molar-refractivity contribution in [3.05, 3.63) is 52.5 Å². The number of anilines is 1. The highest BCUT2D eigenvalue weighted by Gasteiger charge is 2.24. The fourth-order valence-corrected chi connectivity index (χ4v) is 5.59. The number of aryl methyl sites for hydroxylation is 2. The third-order valence-corrected chi connectivity index (χ3v) is 7.71. The number of fused-ring (bicyclic) bond motifs is 2. The standard InChI is InChI=1S/C23H24N4O2S2/c1-15-3-6-19-21(16(15)2)25-23(31-19)27(8-7-26-9-11-29-12-10-26)22(28)17-4-5-18-20(13-17)30-14-24-18/h3-6,13-14H,7-12H2,1-2H3. The van der Waals surface area contributed by atoms with Crippen molar-refractivity contribution in [3.8, 4) is 0 Å². The zero-order valence-corrected chi connectivity index (χ0v) is 19.3. The van der Waals surface area contributed by atoms with E-state index in [1.54, 1.807) is 22.7 Å². The molecule has 1 aliphatic heterocycles. The van der Waals surface area contributed by atoms with Gasteiger partial charge in [-0.15, -0.1) is 11.3 Å². The number of carbonyl (C=O) groups excluding carboxylic acids is 1. The first kappa shape index (κ1) is 20.5. The van der Waals surface area contributed by atoms with Crippen molar-refractivity contribution in [1.82, 2.24) is 14.9 Å². The van der Waals surface area contributed by atoms with Gasteiger partial charge in [-0.25, -0.2) is 9.97 Å². The molecule has 3 heterocycles.